The van der Waals surface area contributed by atoms with Gasteiger partial charge >= 0.3 is 6.03 Å². The number of aromatic nitrogens is 1. The van der Waals surface area contributed by atoms with Gasteiger partial charge in [0.05, 0.1) is 17.7 Å². The summed E-state index contributed by atoms with van der Waals surface area (Å²) in [6.45, 7) is 3.40. The zero-order valence-corrected chi connectivity index (χ0v) is 15.0. The standard InChI is InChI=1S/C19H22ClN3O2/c1-2-12-25-18-6-5-15(13-16(18)20)22-19(24)23-11-3-4-17(23)14-7-9-21-10-8-14/h5-10,13,17H,2-4,11-12H2,1H3,(H,22,24). The maximum absolute atomic E-state index is 12.7. The number of amides is 2. The Hall–Kier alpha value is -2.27. The van der Waals surface area contributed by atoms with E-state index in [-0.39, 0.29) is 12.1 Å². The van der Waals surface area contributed by atoms with Crippen molar-refractivity contribution in [2.24, 2.45) is 0 Å². The normalized spacial score (nSPS) is 16.7. The van der Waals surface area contributed by atoms with Gasteiger partial charge in [-0.15, -0.1) is 0 Å². The van der Waals surface area contributed by atoms with Gasteiger partial charge in [0.25, 0.3) is 0 Å². The second kappa shape index (κ2) is 8.21. The van der Waals surface area contributed by atoms with Crippen molar-refractivity contribution in [1.82, 2.24) is 9.88 Å². The van der Waals surface area contributed by atoms with Gasteiger partial charge < -0.3 is 15.0 Å². The molecule has 1 N–H and O–H groups in total. The molecule has 1 aliphatic heterocycles. The molecule has 0 bridgehead atoms. The number of hydrogen-bond acceptors (Lipinski definition) is 3. The lowest BCUT2D eigenvalue weighted by Gasteiger charge is -2.25. The molecule has 1 aromatic carbocycles. The SMILES string of the molecule is CCCOc1ccc(NC(=O)N2CCCC2c2ccncc2)cc1Cl. The number of rotatable bonds is 5. The number of benzene rings is 1. The molecular weight excluding hydrogens is 338 g/mol. The molecule has 0 radical (unpaired) electrons. The van der Waals surface area contributed by atoms with Crippen LogP contribution in [0.3, 0.4) is 0 Å². The fraction of sp³-hybridized carbons (Fsp3) is 0.368. The molecule has 2 amide bonds. The van der Waals surface area contributed by atoms with Crippen molar-refractivity contribution in [3.63, 3.8) is 0 Å². The van der Waals surface area contributed by atoms with Crippen LogP contribution in [0.4, 0.5) is 10.5 Å². The molecule has 1 saturated heterocycles. The number of likely N-dealkylation sites (tertiary alicyclic amines) is 1. The molecule has 0 aliphatic carbocycles. The highest BCUT2D eigenvalue weighted by molar-refractivity contribution is 6.32. The number of nitrogens with one attached hydrogen (secondary N) is 1. The van der Waals surface area contributed by atoms with Crippen LogP contribution in [0.15, 0.2) is 42.7 Å². The van der Waals surface area contributed by atoms with Gasteiger partial charge in [-0.1, -0.05) is 18.5 Å². The summed E-state index contributed by atoms with van der Waals surface area (Å²) in [5.41, 5.74) is 1.78. The number of ether oxygens (including phenoxy) is 1. The third-order valence-electron chi connectivity index (χ3n) is 4.25. The molecule has 0 saturated carbocycles. The Labute approximate surface area is 153 Å². The number of urea groups is 1. The molecule has 25 heavy (non-hydrogen) atoms. The largest absolute Gasteiger partial charge is 0.492 e. The first-order valence-corrected chi connectivity index (χ1v) is 8.96. The topological polar surface area (TPSA) is 54.5 Å². The molecule has 2 heterocycles. The molecule has 0 spiro atoms. The Morgan fingerprint density at radius 2 is 2.16 bits per heavy atom. The lowest BCUT2D eigenvalue weighted by molar-refractivity contribution is 0.207. The van der Waals surface area contributed by atoms with Crippen LogP contribution in [0.1, 0.15) is 37.8 Å². The van der Waals surface area contributed by atoms with Crippen molar-refractivity contribution in [3.8, 4) is 5.75 Å². The number of anilines is 1. The summed E-state index contributed by atoms with van der Waals surface area (Å²) < 4.78 is 5.56. The van der Waals surface area contributed by atoms with Crippen LogP contribution in [-0.2, 0) is 0 Å². The molecule has 1 aliphatic rings. The highest BCUT2D eigenvalue weighted by Gasteiger charge is 2.30. The Bertz CT molecular complexity index is 724. The van der Waals surface area contributed by atoms with Crippen LogP contribution >= 0.6 is 11.6 Å². The molecule has 1 fully saturated rings. The van der Waals surface area contributed by atoms with E-state index in [1.54, 1.807) is 24.5 Å². The summed E-state index contributed by atoms with van der Waals surface area (Å²) >= 11 is 6.24. The average molecular weight is 360 g/mol. The maximum Gasteiger partial charge on any atom is 0.322 e. The summed E-state index contributed by atoms with van der Waals surface area (Å²) in [6, 6.07) is 9.23. The van der Waals surface area contributed by atoms with Gasteiger partial charge in [0.1, 0.15) is 5.75 Å². The quantitative estimate of drug-likeness (QED) is 0.826. The molecular formula is C19H22ClN3O2. The van der Waals surface area contributed by atoms with Crippen molar-refractivity contribution >= 4 is 23.3 Å². The predicted octanol–water partition coefficient (Wildman–Crippen LogP) is 4.89. The van der Waals surface area contributed by atoms with Gasteiger partial charge in [0.15, 0.2) is 0 Å². The van der Waals surface area contributed by atoms with E-state index in [4.69, 9.17) is 16.3 Å². The van der Waals surface area contributed by atoms with Crippen molar-refractivity contribution in [2.45, 2.75) is 32.2 Å². The van der Waals surface area contributed by atoms with E-state index in [0.29, 0.717) is 23.1 Å². The van der Waals surface area contributed by atoms with Crippen molar-refractivity contribution in [3.05, 3.63) is 53.3 Å². The maximum atomic E-state index is 12.7. The fourth-order valence-electron chi connectivity index (χ4n) is 3.04. The Balaban J connectivity index is 1.68. The number of nitrogens with zero attached hydrogens (tertiary/aromatic N) is 2. The lowest BCUT2D eigenvalue weighted by Crippen LogP contribution is -2.34. The minimum atomic E-state index is -0.113. The van der Waals surface area contributed by atoms with Crippen LogP contribution < -0.4 is 10.1 Å². The van der Waals surface area contributed by atoms with Crippen LogP contribution in [-0.4, -0.2) is 29.1 Å². The molecule has 3 rings (SSSR count). The number of halogens is 1. The zero-order valence-electron chi connectivity index (χ0n) is 14.2. The molecule has 2 aromatic rings. The van der Waals surface area contributed by atoms with E-state index in [1.807, 2.05) is 30.0 Å². The average Bonchev–Trinajstić information content (AvgIpc) is 3.12. The van der Waals surface area contributed by atoms with E-state index in [9.17, 15) is 4.79 Å². The van der Waals surface area contributed by atoms with Crippen LogP contribution in [0.2, 0.25) is 5.02 Å². The third kappa shape index (κ3) is 4.23. The first-order valence-electron chi connectivity index (χ1n) is 8.59. The summed E-state index contributed by atoms with van der Waals surface area (Å²) in [4.78, 5) is 18.6. The first kappa shape index (κ1) is 17.5. The smallest absolute Gasteiger partial charge is 0.322 e. The number of pyridine rings is 1. The van der Waals surface area contributed by atoms with Gasteiger partial charge in [0.2, 0.25) is 0 Å². The first-order chi connectivity index (χ1) is 12.2. The number of carbonyl (C=O) groups excluding carboxylic acids is 1. The van der Waals surface area contributed by atoms with E-state index < -0.39 is 0 Å². The Morgan fingerprint density at radius 3 is 2.88 bits per heavy atom. The molecule has 1 unspecified atom stereocenters. The van der Waals surface area contributed by atoms with Gasteiger partial charge in [-0.2, -0.15) is 0 Å². The van der Waals surface area contributed by atoms with Crippen LogP contribution in [0, 0.1) is 0 Å². The van der Waals surface area contributed by atoms with Crippen LogP contribution in [0.5, 0.6) is 5.75 Å². The highest BCUT2D eigenvalue weighted by atomic mass is 35.5. The van der Waals surface area contributed by atoms with Gasteiger partial charge in [0, 0.05) is 24.6 Å². The van der Waals surface area contributed by atoms with Crippen molar-refractivity contribution < 1.29 is 9.53 Å². The molecule has 132 valence electrons. The molecule has 1 atom stereocenters. The molecule has 1 aromatic heterocycles. The second-order valence-electron chi connectivity index (χ2n) is 6.06. The lowest BCUT2D eigenvalue weighted by atomic mass is 10.1. The third-order valence-corrected chi connectivity index (χ3v) is 4.54. The fourth-order valence-corrected chi connectivity index (χ4v) is 3.28. The van der Waals surface area contributed by atoms with E-state index in [0.717, 1.165) is 31.4 Å². The highest BCUT2D eigenvalue weighted by Crippen LogP contribution is 2.33. The predicted molar refractivity (Wildman–Crippen MR) is 99.2 cm³/mol. The summed E-state index contributed by atoms with van der Waals surface area (Å²) in [5, 5.41) is 3.44. The molecule has 6 heteroatoms. The summed E-state index contributed by atoms with van der Waals surface area (Å²) in [5.74, 6) is 0.636. The zero-order chi connectivity index (χ0) is 17.6. The molecule has 5 nitrogen and oxygen atoms in total. The minimum absolute atomic E-state index is 0.0885. The van der Waals surface area contributed by atoms with Gasteiger partial charge in [-0.25, -0.2) is 4.79 Å². The number of carbonyl (C=O) groups is 1. The van der Waals surface area contributed by atoms with E-state index in [2.05, 4.69) is 10.3 Å². The van der Waals surface area contributed by atoms with E-state index >= 15 is 0 Å². The van der Waals surface area contributed by atoms with Crippen molar-refractivity contribution in [1.29, 1.82) is 0 Å². The Kier molecular flexibility index (Phi) is 5.76. The minimum Gasteiger partial charge on any atom is -0.492 e. The van der Waals surface area contributed by atoms with Gasteiger partial charge in [-0.05, 0) is 55.2 Å². The van der Waals surface area contributed by atoms with Crippen LogP contribution in [0.25, 0.3) is 0 Å². The summed E-state index contributed by atoms with van der Waals surface area (Å²) in [7, 11) is 0. The summed E-state index contributed by atoms with van der Waals surface area (Å²) in [6.07, 6.45) is 6.39. The number of hydrogen-bond donors (Lipinski definition) is 1. The Morgan fingerprint density at radius 1 is 1.36 bits per heavy atom. The second-order valence-corrected chi connectivity index (χ2v) is 6.46. The van der Waals surface area contributed by atoms with Crippen molar-refractivity contribution in [2.75, 3.05) is 18.5 Å². The monoisotopic (exact) mass is 359 g/mol. The van der Waals surface area contributed by atoms with E-state index in [1.165, 1.54) is 0 Å². The van der Waals surface area contributed by atoms with Gasteiger partial charge in [-0.3, -0.25) is 4.98 Å².